The zero-order valence-corrected chi connectivity index (χ0v) is 14.9. The molecule has 0 atom stereocenters. The maximum Gasteiger partial charge on any atom is 0.317 e. The summed E-state index contributed by atoms with van der Waals surface area (Å²) in [5.74, 6) is -0.895. The molecule has 0 amide bonds. The van der Waals surface area contributed by atoms with Gasteiger partial charge < -0.3 is 5.11 Å². The summed E-state index contributed by atoms with van der Waals surface area (Å²) in [6, 6.07) is 2.57. The lowest BCUT2D eigenvalue weighted by Crippen LogP contribution is -2.54. The first-order chi connectivity index (χ1) is 11.8. The molecule has 1 saturated carbocycles. The quantitative estimate of drug-likeness (QED) is 0.721. The van der Waals surface area contributed by atoms with Gasteiger partial charge in [-0.1, -0.05) is 18.5 Å². The van der Waals surface area contributed by atoms with Gasteiger partial charge in [0.2, 0.25) is 10.0 Å². The molecule has 2 aromatic rings. The molecule has 1 aromatic carbocycles. The van der Waals surface area contributed by atoms with Crippen LogP contribution in [0.2, 0.25) is 5.02 Å². The van der Waals surface area contributed by atoms with E-state index in [9.17, 15) is 13.2 Å². The number of likely N-dealkylation sites (N-methyl/N-ethyl adjacent to an activating group) is 1. The van der Waals surface area contributed by atoms with Gasteiger partial charge in [-0.25, -0.2) is 17.8 Å². The zero-order chi connectivity index (χ0) is 18.2. The minimum Gasteiger partial charge on any atom is -0.480 e. The SMILES string of the molecule is CCN(CC(=O)O)C1CC(NS(=O)(=O)c2ccc(Cl)c3nonc23)C1. The Bertz CT molecular complexity index is 894. The Labute approximate surface area is 148 Å². The fraction of sp³-hybridized carbons (Fsp3) is 0.500. The number of fused-ring (bicyclic) bond motifs is 1. The fourth-order valence-electron chi connectivity index (χ4n) is 2.97. The van der Waals surface area contributed by atoms with Crippen LogP contribution in [0.25, 0.3) is 11.0 Å². The van der Waals surface area contributed by atoms with Crippen molar-refractivity contribution in [2.75, 3.05) is 13.1 Å². The number of hydrogen-bond acceptors (Lipinski definition) is 7. The maximum atomic E-state index is 12.6. The predicted octanol–water partition coefficient (Wildman–Crippen LogP) is 1.09. The number of carboxylic acid groups (broad SMARTS) is 1. The van der Waals surface area contributed by atoms with E-state index in [1.807, 2.05) is 11.8 Å². The Morgan fingerprint density at radius 3 is 2.72 bits per heavy atom. The molecule has 1 aromatic heterocycles. The van der Waals surface area contributed by atoms with Crippen LogP contribution in [0.3, 0.4) is 0 Å². The van der Waals surface area contributed by atoms with Crippen molar-refractivity contribution in [1.29, 1.82) is 0 Å². The minimum atomic E-state index is -3.82. The molecule has 25 heavy (non-hydrogen) atoms. The lowest BCUT2D eigenvalue weighted by Gasteiger charge is -2.42. The third kappa shape index (κ3) is 3.61. The molecule has 9 nitrogen and oxygen atoms in total. The molecule has 1 heterocycles. The van der Waals surface area contributed by atoms with Crippen molar-refractivity contribution in [3.63, 3.8) is 0 Å². The normalized spacial score (nSPS) is 20.8. The third-order valence-electron chi connectivity index (χ3n) is 4.31. The van der Waals surface area contributed by atoms with Crippen LogP contribution in [0, 0.1) is 0 Å². The highest BCUT2D eigenvalue weighted by molar-refractivity contribution is 7.89. The fourth-order valence-corrected chi connectivity index (χ4v) is 4.55. The number of benzene rings is 1. The van der Waals surface area contributed by atoms with Gasteiger partial charge in [-0.05, 0) is 41.8 Å². The molecule has 0 bridgehead atoms. The van der Waals surface area contributed by atoms with E-state index in [0.29, 0.717) is 19.4 Å². The summed E-state index contributed by atoms with van der Waals surface area (Å²) >= 11 is 5.94. The van der Waals surface area contributed by atoms with Crippen LogP contribution in [0.15, 0.2) is 21.7 Å². The van der Waals surface area contributed by atoms with E-state index in [0.717, 1.165) is 0 Å². The molecular formula is C14H17ClN4O5S. The van der Waals surface area contributed by atoms with Crippen LogP contribution in [0.5, 0.6) is 0 Å². The minimum absolute atomic E-state index is 0.0468. The van der Waals surface area contributed by atoms with Gasteiger partial charge in [-0.3, -0.25) is 9.69 Å². The molecule has 1 aliphatic carbocycles. The summed E-state index contributed by atoms with van der Waals surface area (Å²) in [5.41, 5.74) is 0.270. The van der Waals surface area contributed by atoms with E-state index in [4.69, 9.17) is 16.7 Å². The van der Waals surface area contributed by atoms with Crippen molar-refractivity contribution in [2.24, 2.45) is 0 Å². The van der Waals surface area contributed by atoms with Crippen LogP contribution in [-0.2, 0) is 14.8 Å². The lowest BCUT2D eigenvalue weighted by molar-refractivity contribution is -0.139. The molecule has 3 rings (SSSR count). The highest BCUT2D eigenvalue weighted by atomic mass is 35.5. The van der Waals surface area contributed by atoms with Crippen LogP contribution < -0.4 is 4.72 Å². The maximum absolute atomic E-state index is 12.6. The van der Waals surface area contributed by atoms with E-state index in [-0.39, 0.29) is 39.6 Å². The number of carbonyl (C=O) groups is 1. The number of hydrogen-bond donors (Lipinski definition) is 2. The Balaban J connectivity index is 1.70. The number of nitrogens with one attached hydrogen (secondary N) is 1. The predicted molar refractivity (Wildman–Crippen MR) is 88.8 cm³/mol. The second kappa shape index (κ2) is 6.87. The van der Waals surface area contributed by atoms with Crippen molar-refractivity contribution in [2.45, 2.75) is 36.7 Å². The van der Waals surface area contributed by atoms with Crippen molar-refractivity contribution < 1.29 is 22.9 Å². The highest BCUT2D eigenvalue weighted by Crippen LogP contribution is 2.30. The number of aromatic nitrogens is 2. The van der Waals surface area contributed by atoms with Crippen molar-refractivity contribution in [1.82, 2.24) is 19.9 Å². The molecule has 0 unspecified atom stereocenters. The van der Waals surface area contributed by atoms with Crippen molar-refractivity contribution in [3.05, 3.63) is 17.2 Å². The zero-order valence-electron chi connectivity index (χ0n) is 13.3. The number of aliphatic carboxylic acids is 1. The largest absolute Gasteiger partial charge is 0.480 e. The van der Waals surface area contributed by atoms with Gasteiger partial charge in [0.05, 0.1) is 11.6 Å². The summed E-state index contributed by atoms with van der Waals surface area (Å²) in [6.45, 7) is 2.42. The molecule has 0 spiro atoms. The van der Waals surface area contributed by atoms with E-state index in [1.54, 1.807) is 0 Å². The van der Waals surface area contributed by atoms with Gasteiger partial charge >= 0.3 is 5.97 Å². The second-order valence-corrected chi connectivity index (χ2v) is 8.00. The van der Waals surface area contributed by atoms with Crippen LogP contribution >= 0.6 is 11.6 Å². The number of sulfonamides is 1. The second-order valence-electron chi connectivity index (χ2n) is 5.91. The first-order valence-corrected chi connectivity index (χ1v) is 9.57. The molecule has 0 saturated heterocycles. The first-order valence-electron chi connectivity index (χ1n) is 7.70. The van der Waals surface area contributed by atoms with Gasteiger partial charge in [-0.2, -0.15) is 0 Å². The summed E-state index contributed by atoms with van der Waals surface area (Å²) in [4.78, 5) is 12.6. The molecule has 2 N–H and O–H groups in total. The van der Waals surface area contributed by atoms with Crippen molar-refractivity contribution in [3.8, 4) is 0 Å². The molecule has 1 fully saturated rings. The number of nitrogens with zero attached hydrogens (tertiary/aromatic N) is 3. The van der Waals surface area contributed by atoms with Gasteiger partial charge in [0.25, 0.3) is 0 Å². The van der Waals surface area contributed by atoms with E-state index >= 15 is 0 Å². The summed E-state index contributed by atoms with van der Waals surface area (Å²) in [7, 11) is -3.82. The standard InChI is InChI=1S/C14H17ClN4O5S/c1-2-19(7-12(20)21)9-5-8(6-9)18-25(22,23)11-4-3-10(15)13-14(11)17-24-16-13/h3-4,8-9,18H,2,5-7H2,1H3,(H,20,21). The average molecular weight is 389 g/mol. The van der Waals surface area contributed by atoms with Crippen molar-refractivity contribution >= 4 is 38.6 Å². The number of rotatable bonds is 7. The summed E-state index contributed by atoms with van der Waals surface area (Å²) in [5, 5.41) is 16.4. The molecule has 0 radical (unpaired) electrons. The Morgan fingerprint density at radius 2 is 2.08 bits per heavy atom. The molecule has 11 heteroatoms. The Kier molecular flexibility index (Phi) is 4.96. The molecule has 0 aliphatic heterocycles. The number of carboxylic acids is 1. The number of halogens is 1. The summed E-state index contributed by atoms with van der Waals surface area (Å²) in [6.07, 6.45) is 1.10. The monoisotopic (exact) mass is 388 g/mol. The average Bonchev–Trinajstić information content (AvgIpc) is 2.98. The highest BCUT2D eigenvalue weighted by Gasteiger charge is 2.37. The molecular weight excluding hydrogens is 372 g/mol. The van der Waals surface area contributed by atoms with Crippen LogP contribution in [0.4, 0.5) is 0 Å². The van der Waals surface area contributed by atoms with E-state index in [1.165, 1.54) is 12.1 Å². The van der Waals surface area contributed by atoms with E-state index < -0.39 is 16.0 Å². The van der Waals surface area contributed by atoms with E-state index in [2.05, 4.69) is 19.7 Å². The lowest BCUT2D eigenvalue weighted by atomic mass is 9.86. The Hall–Kier alpha value is -1.75. The molecule has 136 valence electrons. The van der Waals surface area contributed by atoms with Crippen LogP contribution in [0.1, 0.15) is 19.8 Å². The summed E-state index contributed by atoms with van der Waals surface area (Å²) < 4.78 is 32.4. The van der Waals surface area contributed by atoms with Gasteiger partial charge in [0.15, 0.2) is 11.0 Å². The third-order valence-corrected chi connectivity index (χ3v) is 6.17. The van der Waals surface area contributed by atoms with Gasteiger partial charge in [-0.15, -0.1) is 0 Å². The van der Waals surface area contributed by atoms with Gasteiger partial charge in [0.1, 0.15) is 4.90 Å². The van der Waals surface area contributed by atoms with Crippen LogP contribution in [-0.4, -0.2) is 59.9 Å². The first kappa shape index (κ1) is 18.1. The smallest absolute Gasteiger partial charge is 0.317 e. The Morgan fingerprint density at radius 1 is 1.40 bits per heavy atom. The topological polar surface area (TPSA) is 126 Å². The van der Waals surface area contributed by atoms with Gasteiger partial charge in [0, 0.05) is 12.1 Å². The molecule has 1 aliphatic rings.